The number of allylic oxidation sites excluding steroid dienone is 4. The highest BCUT2D eigenvalue weighted by atomic mass is 16.3. The van der Waals surface area contributed by atoms with Crippen LogP contribution in [0.3, 0.4) is 0 Å². The van der Waals surface area contributed by atoms with Gasteiger partial charge in [-0.1, -0.05) is 45.9 Å². The highest BCUT2D eigenvalue weighted by Crippen LogP contribution is 2.11. The molecule has 0 radical (unpaired) electrons. The van der Waals surface area contributed by atoms with Gasteiger partial charge in [-0.2, -0.15) is 0 Å². The van der Waals surface area contributed by atoms with E-state index in [-0.39, 0.29) is 0 Å². The molecule has 0 aromatic carbocycles. The van der Waals surface area contributed by atoms with E-state index in [1.807, 2.05) is 32.9 Å². The van der Waals surface area contributed by atoms with Crippen molar-refractivity contribution in [1.29, 1.82) is 0 Å². The Balaban J connectivity index is 0. The minimum Gasteiger partial charge on any atom is -0.508 e. The zero-order valence-electron chi connectivity index (χ0n) is 9.30. The summed E-state index contributed by atoms with van der Waals surface area (Å²) in [5.74, 6) is 0.296. The van der Waals surface area contributed by atoms with Crippen molar-refractivity contribution in [3.05, 3.63) is 36.1 Å². The van der Waals surface area contributed by atoms with Crippen molar-refractivity contribution >= 4 is 0 Å². The van der Waals surface area contributed by atoms with Gasteiger partial charge in [0, 0.05) is 0 Å². The van der Waals surface area contributed by atoms with Gasteiger partial charge in [-0.05, 0) is 25.0 Å². The van der Waals surface area contributed by atoms with Crippen molar-refractivity contribution in [1.82, 2.24) is 0 Å². The zero-order valence-corrected chi connectivity index (χ0v) is 9.30. The molecule has 0 aromatic rings. The van der Waals surface area contributed by atoms with E-state index >= 15 is 0 Å². The van der Waals surface area contributed by atoms with Crippen LogP contribution in [0.4, 0.5) is 0 Å². The maximum atomic E-state index is 9.29. The van der Waals surface area contributed by atoms with Gasteiger partial charge in [0.05, 0.1) is 0 Å². The number of aliphatic hydroxyl groups excluding tert-OH is 1. The van der Waals surface area contributed by atoms with Gasteiger partial charge < -0.3 is 5.11 Å². The zero-order chi connectivity index (χ0) is 10.7. The largest absolute Gasteiger partial charge is 0.508 e. The van der Waals surface area contributed by atoms with Crippen LogP contribution in [-0.4, -0.2) is 5.11 Å². The Labute approximate surface area is 82.5 Å². The maximum Gasteiger partial charge on any atom is 0.118 e. The monoisotopic (exact) mass is 182 g/mol. The summed E-state index contributed by atoms with van der Waals surface area (Å²) in [6, 6.07) is 0. The fourth-order valence-electron chi connectivity index (χ4n) is 0.898. The first-order chi connectivity index (χ1) is 6.26. The molecule has 0 aliphatic heterocycles. The third-order valence-corrected chi connectivity index (χ3v) is 1.41. The molecule has 0 amide bonds. The van der Waals surface area contributed by atoms with Gasteiger partial charge in [0.25, 0.3) is 0 Å². The predicted molar refractivity (Wildman–Crippen MR) is 60.9 cm³/mol. The molecule has 0 rings (SSSR count). The lowest BCUT2D eigenvalue weighted by Gasteiger charge is -2.00. The van der Waals surface area contributed by atoms with Gasteiger partial charge in [-0.25, -0.2) is 0 Å². The molecule has 1 heteroatoms. The molecule has 0 aliphatic carbocycles. The fourth-order valence-corrected chi connectivity index (χ4v) is 0.898. The van der Waals surface area contributed by atoms with E-state index in [0.29, 0.717) is 5.76 Å². The number of rotatable bonds is 4. The van der Waals surface area contributed by atoms with Crippen LogP contribution < -0.4 is 0 Å². The van der Waals surface area contributed by atoms with Crippen molar-refractivity contribution in [2.75, 3.05) is 0 Å². The lowest BCUT2D eigenvalue weighted by molar-refractivity contribution is 0.425. The summed E-state index contributed by atoms with van der Waals surface area (Å²) in [6.45, 7) is 11.5. The molecular formula is C12H22O. The van der Waals surface area contributed by atoms with E-state index in [1.165, 1.54) is 6.08 Å². The Morgan fingerprint density at radius 3 is 2.23 bits per heavy atom. The van der Waals surface area contributed by atoms with E-state index in [2.05, 4.69) is 13.5 Å². The van der Waals surface area contributed by atoms with Crippen LogP contribution >= 0.6 is 0 Å². The molecule has 0 bridgehead atoms. The topological polar surface area (TPSA) is 20.2 Å². The molecule has 0 atom stereocenters. The van der Waals surface area contributed by atoms with Crippen LogP contribution in [0.2, 0.25) is 0 Å². The molecule has 76 valence electrons. The Kier molecular flexibility index (Phi) is 12.3. The fraction of sp³-hybridized carbons (Fsp3) is 0.500. The second-order valence-electron chi connectivity index (χ2n) is 2.36. The van der Waals surface area contributed by atoms with Crippen molar-refractivity contribution < 1.29 is 5.11 Å². The number of hydrogen-bond donors (Lipinski definition) is 1. The van der Waals surface area contributed by atoms with E-state index in [4.69, 9.17) is 0 Å². The molecule has 1 N–H and O–H groups in total. The Bertz CT molecular complexity index is 176. The van der Waals surface area contributed by atoms with E-state index in [0.717, 1.165) is 18.4 Å². The number of hydrogen-bond acceptors (Lipinski definition) is 1. The highest BCUT2D eigenvalue weighted by Gasteiger charge is 1.95. The van der Waals surface area contributed by atoms with Crippen LogP contribution in [0.25, 0.3) is 0 Å². The first kappa shape index (κ1) is 14.5. The summed E-state index contributed by atoms with van der Waals surface area (Å²) in [7, 11) is 0. The van der Waals surface area contributed by atoms with Gasteiger partial charge in [-0.15, -0.1) is 0 Å². The van der Waals surface area contributed by atoms with Gasteiger partial charge >= 0.3 is 0 Å². The second kappa shape index (κ2) is 11.0. The lowest BCUT2D eigenvalue weighted by atomic mass is 10.1. The van der Waals surface area contributed by atoms with Crippen molar-refractivity contribution in [3.8, 4) is 0 Å². The molecular weight excluding hydrogens is 160 g/mol. The second-order valence-corrected chi connectivity index (χ2v) is 2.36. The predicted octanol–water partition coefficient (Wildman–Crippen LogP) is 4.39. The summed E-state index contributed by atoms with van der Waals surface area (Å²) in [4.78, 5) is 0. The summed E-state index contributed by atoms with van der Waals surface area (Å²) in [5.41, 5.74) is 0.963. The standard InChI is InChI=1S/C10H16O.C2H6/c1-4-7-9(8-5-2)10(11)6-3;1-2/h4,6-7,11H,3,5,8H2,1-2H3;1-2H3/b7-4-,10-9-;. The van der Waals surface area contributed by atoms with Crippen LogP contribution in [0.15, 0.2) is 36.1 Å². The molecule has 0 saturated heterocycles. The van der Waals surface area contributed by atoms with Gasteiger partial charge in [0.1, 0.15) is 5.76 Å². The van der Waals surface area contributed by atoms with E-state index < -0.39 is 0 Å². The third-order valence-electron chi connectivity index (χ3n) is 1.41. The lowest BCUT2D eigenvalue weighted by Crippen LogP contribution is -1.84. The minimum absolute atomic E-state index is 0.296. The average Bonchev–Trinajstić information content (AvgIpc) is 2.19. The first-order valence-electron chi connectivity index (χ1n) is 4.93. The highest BCUT2D eigenvalue weighted by molar-refractivity contribution is 5.26. The summed E-state index contributed by atoms with van der Waals surface area (Å²) < 4.78 is 0. The van der Waals surface area contributed by atoms with Crippen LogP contribution in [0.5, 0.6) is 0 Å². The Hall–Kier alpha value is -0.980. The molecule has 0 aromatic heterocycles. The normalized spacial score (nSPS) is 11.7. The summed E-state index contributed by atoms with van der Waals surface area (Å²) >= 11 is 0. The molecule has 1 nitrogen and oxygen atoms in total. The Morgan fingerprint density at radius 1 is 1.38 bits per heavy atom. The van der Waals surface area contributed by atoms with E-state index in [9.17, 15) is 5.11 Å². The van der Waals surface area contributed by atoms with Crippen molar-refractivity contribution in [2.45, 2.75) is 40.5 Å². The minimum atomic E-state index is 0.296. The van der Waals surface area contributed by atoms with Crippen LogP contribution in [0, 0.1) is 0 Å². The molecule has 0 spiro atoms. The average molecular weight is 182 g/mol. The van der Waals surface area contributed by atoms with Gasteiger partial charge in [0.15, 0.2) is 0 Å². The van der Waals surface area contributed by atoms with Gasteiger partial charge in [-0.3, -0.25) is 0 Å². The number of aliphatic hydroxyl groups is 1. The molecule has 0 heterocycles. The molecule has 0 unspecified atom stereocenters. The quantitative estimate of drug-likeness (QED) is 0.505. The molecule has 0 aliphatic rings. The molecule has 0 saturated carbocycles. The SMILES string of the molecule is C=C/C(O)=C(\C=C/C)CCC.CC. The molecule has 13 heavy (non-hydrogen) atoms. The Morgan fingerprint density at radius 2 is 1.92 bits per heavy atom. The summed E-state index contributed by atoms with van der Waals surface area (Å²) in [6.07, 6.45) is 7.26. The first-order valence-corrected chi connectivity index (χ1v) is 4.93. The third kappa shape index (κ3) is 7.38. The summed E-state index contributed by atoms with van der Waals surface area (Å²) in [5, 5.41) is 9.29. The molecule has 0 fully saturated rings. The van der Waals surface area contributed by atoms with Crippen LogP contribution in [-0.2, 0) is 0 Å². The van der Waals surface area contributed by atoms with Crippen molar-refractivity contribution in [2.24, 2.45) is 0 Å². The van der Waals surface area contributed by atoms with Gasteiger partial charge in [0.2, 0.25) is 0 Å². The van der Waals surface area contributed by atoms with Crippen molar-refractivity contribution in [3.63, 3.8) is 0 Å². The van der Waals surface area contributed by atoms with E-state index in [1.54, 1.807) is 0 Å². The van der Waals surface area contributed by atoms with Crippen LogP contribution in [0.1, 0.15) is 40.5 Å². The smallest absolute Gasteiger partial charge is 0.118 e. The maximum absolute atomic E-state index is 9.29.